The summed E-state index contributed by atoms with van der Waals surface area (Å²) in [7, 11) is 0. The Balaban J connectivity index is 1.24. The van der Waals surface area contributed by atoms with Crippen molar-refractivity contribution in [3.63, 3.8) is 0 Å². The number of amides is 4. The van der Waals surface area contributed by atoms with E-state index in [0.29, 0.717) is 36.8 Å². The molecule has 4 amide bonds. The maximum atomic E-state index is 14.6. The molecule has 3 N–H and O–H groups in total. The monoisotopic (exact) mass is 711 g/mol. The average Bonchev–Trinajstić information content (AvgIpc) is 3.65. The van der Waals surface area contributed by atoms with E-state index in [1.807, 2.05) is 32.9 Å². The molecule has 5 aliphatic rings. The van der Waals surface area contributed by atoms with E-state index < -0.39 is 52.6 Å². The molecule has 13 heteroatoms. The van der Waals surface area contributed by atoms with Gasteiger partial charge < -0.3 is 30.4 Å². The number of carbonyl (C=O) groups excluding carboxylic acids is 5. The van der Waals surface area contributed by atoms with Gasteiger partial charge in [-0.25, -0.2) is 0 Å². The van der Waals surface area contributed by atoms with Gasteiger partial charge in [-0.3, -0.25) is 24.0 Å². The molecule has 0 radical (unpaired) electrons. The minimum Gasteiger partial charge on any atom is -0.387 e. The maximum Gasteiger partial charge on any atom is 0.289 e. The molecule has 4 atom stereocenters. The molecule has 50 heavy (non-hydrogen) atoms. The number of oxime groups is 1. The fraction of sp³-hybridized carbons (Fsp3) is 0.676. The minimum atomic E-state index is -1.03. The van der Waals surface area contributed by atoms with E-state index in [4.69, 9.17) is 21.2 Å². The summed E-state index contributed by atoms with van der Waals surface area (Å²) in [5.41, 5.74) is -0.281. The number of nitrogens with zero attached hydrogens (tertiary/aromatic N) is 2. The van der Waals surface area contributed by atoms with Crippen LogP contribution in [-0.2, 0) is 33.5 Å². The maximum absolute atomic E-state index is 14.6. The summed E-state index contributed by atoms with van der Waals surface area (Å²) in [6.07, 6.45) is 7.22. The standard InChI is InChI=1S/C37H50ClN5O7/c1-36(2,3)32(41-30(44)17-23-12-14-49-15-13-23)35(48)43-21-37(19-28(42-50-37)24-8-5-9-25(38)18-24)20-29(43)33(46)40-27(16-22-6-4-7-22)31(45)34(47)39-26-10-11-26/h5,8-9,18,22-23,26-27,29,32H,4,6-7,10-17,19-21H2,1-3H3,(H,39,47)(H,40,46)(H,41,44)/t27?,29-,32+,37+/m0/s1. The highest BCUT2D eigenvalue weighted by Crippen LogP contribution is 2.40. The van der Waals surface area contributed by atoms with E-state index in [2.05, 4.69) is 21.1 Å². The van der Waals surface area contributed by atoms with Crippen LogP contribution in [0.25, 0.3) is 0 Å². The summed E-state index contributed by atoms with van der Waals surface area (Å²) >= 11 is 6.26. The lowest BCUT2D eigenvalue weighted by Gasteiger charge is -2.36. The van der Waals surface area contributed by atoms with E-state index in [0.717, 1.165) is 50.5 Å². The zero-order valence-corrected chi connectivity index (χ0v) is 30.1. The first kappa shape index (κ1) is 36.3. The van der Waals surface area contributed by atoms with Gasteiger partial charge in [0.05, 0.1) is 18.3 Å². The number of Topliss-reactive ketones (excluding diaryl/α,β-unsaturated/α-hetero) is 1. The van der Waals surface area contributed by atoms with Crippen molar-refractivity contribution < 1.29 is 33.5 Å². The molecule has 1 spiro atoms. The van der Waals surface area contributed by atoms with Crippen molar-refractivity contribution >= 4 is 46.7 Å². The lowest BCUT2D eigenvalue weighted by Crippen LogP contribution is -2.59. The van der Waals surface area contributed by atoms with E-state index in [1.165, 1.54) is 4.90 Å². The van der Waals surface area contributed by atoms with Crippen LogP contribution >= 0.6 is 11.6 Å². The predicted octanol–water partition coefficient (Wildman–Crippen LogP) is 3.67. The van der Waals surface area contributed by atoms with Crippen LogP contribution in [-0.4, -0.2) is 89.6 Å². The Morgan fingerprint density at radius 3 is 2.40 bits per heavy atom. The molecule has 6 rings (SSSR count). The summed E-state index contributed by atoms with van der Waals surface area (Å²) in [6, 6.07) is 4.27. The summed E-state index contributed by atoms with van der Waals surface area (Å²) < 4.78 is 5.45. The molecular weight excluding hydrogens is 662 g/mol. The molecule has 272 valence electrons. The molecule has 4 fully saturated rings. The van der Waals surface area contributed by atoms with Crippen molar-refractivity contribution in [2.45, 2.75) is 121 Å². The Morgan fingerprint density at radius 1 is 1.02 bits per heavy atom. The number of ketones is 1. The first-order chi connectivity index (χ1) is 23.8. The van der Waals surface area contributed by atoms with Gasteiger partial charge in [0.15, 0.2) is 5.60 Å². The van der Waals surface area contributed by atoms with Gasteiger partial charge in [-0.15, -0.1) is 0 Å². The van der Waals surface area contributed by atoms with Crippen LogP contribution in [0.5, 0.6) is 0 Å². The van der Waals surface area contributed by atoms with Gasteiger partial charge in [-0.1, -0.05) is 68.9 Å². The molecule has 0 aromatic heterocycles. The minimum absolute atomic E-state index is 0.00139. The average molecular weight is 712 g/mol. The highest BCUT2D eigenvalue weighted by molar-refractivity contribution is 6.38. The predicted molar refractivity (Wildman–Crippen MR) is 186 cm³/mol. The molecule has 3 aliphatic heterocycles. The molecular formula is C37H50ClN5O7. The largest absolute Gasteiger partial charge is 0.387 e. The van der Waals surface area contributed by atoms with E-state index in [-0.39, 0.29) is 43.2 Å². The van der Waals surface area contributed by atoms with Crippen LogP contribution in [0.1, 0.15) is 97.0 Å². The molecule has 0 bridgehead atoms. The highest BCUT2D eigenvalue weighted by atomic mass is 35.5. The Kier molecular flexibility index (Phi) is 10.9. The lowest BCUT2D eigenvalue weighted by atomic mass is 9.80. The van der Waals surface area contributed by atoms with Crippen LogP contribution in [0.2, 0.25) is 5.02 Å². The third-order valence-corrected chi connectivity index (χ3v) is 11.0. The summed E-state index contributed by atoms with van der Waals surface area (Å²) in [5, 5.41) is 13.6. The summed E-state index contributed by atoms with van der Waals surface area (Å²) in [6.45, 7) is 6.90. The quantitative estimate of drug-likeness (QED) is 0.280. The second-order valence-corrected chi connectivity index (χ2v) is 16.5. The smallest absolute Gasteiger partial charge is 0.289 e. The second-order valence-electron chi connectivity index (χ2n) is 16.0. The topological polar surface area (TPSA) is 156 Å². The molecule has 3 heterocycles. The normalized spacial score (nSPS) is 25.2. The zero-order valence-electron chi connectivity index (χ0n) is 29.3. The highest BCUT2D eigenvalue weighted by Gasteiger charge is 2.56. The number of rotatable bonds is 12. The number of hydrogen-bond donors (Lipinski definition) is 3. The van der Waals surface area contributed by atoms with Crippen molar-refractivity contribution in [3.05, 3.63) is 34.9 Å². The van der Waals surface area contributed by atoms with Crippen molar-refractivity contribution in [1.29, 1.82) is 0 Å². The van der Waals surface area contributed by atoms with Gasteiger partial charge in [0, 0.05) is 49.1 Å². The third-order valence-electron chi connectivity index (χ3n) is 10.8. The summed E-state index contributed by atoms with van der Waals surface area (Å²) in [4.78, 5) is 76.2. The van der Waals surface area contributed by atoms with E-state index >= 15 is 0 Å². The fourth-order valence-corrected chi connectivity index (χ4v) is 7.59. The van der Waals surface area contributed by atoms with Gasteiger partial charge in [0.2, 0.25) is 23.5 Å². The SMILES string of the molecule is CC(C)(C)[C@H](NC(=O)CC1CCOCC1)C(=O)N1C[C@@]2(CC(c3cccc(Cl)c3)=NO2)C[C@H]1C(=O)NC(CC1CCC1)C(=O)C(=O)NC1CC1. The Bertz CT molecular complexity index is 1510. The van der Waals surface area contributed by atoms with Crippen molar-refractivity contribution in [2.75, 3.05) is 19.8 Å². The lowest BCUT2D eigenvalue weighted by molar-refractivity contribution is -0.145. The number of ether oxygens (including phenoxy) is 1. The molecule has 2 saturated heterocycles. The van der Waals surface area contributed by atoms with Gasteiger partial charge in [-0.2, -0.15) is 0 Å². The number of halogens is 1. The van der Waals surface area contributed by atoms with Crippen LogP contribution in [0.4, 0.5) is 0 Å². The van der Waals surface area contributed by atoms with Gasteiger partial charge >= 0.3 is 0 Å². The Labute approximate surface area is 298 Å². The molecule has 2 saturated carbocycles. The number of benzene rings is 1. The van der Waals surface area contributed by atoms with Crippen LogP contribution in [0.15, 0.2) is 29.4 Å². The van der Waals surface area contributed by atoms with Crippen molar-refractivity contribution in [1.82, 2.24) is 20.9 Å². The number of carbonyl (C=O) groups is 5. The number of likely N-dealkylation sites (tertiary alicyclic amines) is 1. The van der Waals surface area contributed by atoms with Crippen LogP contribution in [0, 0.1) is 17.3 Å². The van der Waals surface area contributed by atoms with Crippen molar-refractivity contribution in [3.8, 4) is 0 Å². The molecule has 2 aliphatic carbocycles. The second kappa shape index (κ2) is 15.0. The van der Waals surface area contributed by atoms with Gasteiger partial charge in [-0.05, 0) is 61.5 Å². The third kappa shape index (κ3) is 8.67. The number of nitrogens with one attached hydrogen (secondary N) is 3. The van der Waals surface area contributed by atoms with E-state index in [1.54, 1.807) is 12.1 Å². The summed E-state index contributed by atoms with van der Waals surface area (Å²) in [5.74, 6) is -2.13. The van der Waals surface area contributed by atoms with Crippen LogP contribution < -0.4 is 16.0 Å². The van der Waals surface area contributed by atoms with Crippen molar-refractivity contribution in [2.24, 2.45) is 22.4 Å². The Morgan fingerprint density at radius 2 is 1.76 bits per heavy atom. The fourth-order valence-electron chi connectivity index (χ4n) is 7.40. The Hall–Kier alpha value is -3.51. The zero-order chi connectivity index (χ0) is 35.6. The van der Waals surface area contributed by atoms with Gasteiger partial charge in [0.1, 0.15) is 12.1 Å². The first-order valence-electron chi connectivity index (χ1n) is 18.1. The number of hydrogen-bond acceptors (Lipinski definition) is 8. The van der Waals surface area contributed by atoms with Gasteiger partial charge in [0.25, 0.3) is 5.91 Å². The molecule has 1 aromatic carbocycles. The van der Waals surface area contributed by atoms with E-state index in [9.17, 15) is 24.0 Å². The van der Waals surface area contributed by atoms with Crippen LogP contribution in [0.3, 0.4) is 0 Å². The molecule has 12 nitrogen and oxygen atoms in total. The molecule has 1 aromatic rings. The molecule has 1 unspecified atom stereocenters. The first-order valence-corrected chi connectivity index (χ1v) is 18.5.